The van der Waals surface area contributed by atoms with Gasteiger partial charge in [-0.2, -0.15) is 0 Å². The van der Waals surface area contributed by atoms with Gasteiger partial charge in [0.1, 0.15) is 11.6 Å². The first kappa shape index (κ1) is 19.8. The Morgan fingerprint density at radius 1 is 0.679 bits per heavy atom. The summed E-state index contributed by atoms with van der Waals surface area (Å²) in [5, 5.41) is 6.45. The molecule has 0 radical (unpaired) electrons. The average molecular weight is 400 g/mol. The van der Waals surface area contributed by atoms with Crippen LogP contribution in [-0.4, -0.2) is 5.96 Å². The van der Waals surface area contributed by atoms with Gasteiger partial charge >= 0.3 is 0 Å². The van der Waals surface area contributed by atoms with Gasteiger partial charge in [-0.1, -0.05) is 66.7 Å². The highest BCUT2D eigenvalue weighted by molar-refractivity contribution is 5.85. The maximum atomic E-state index is 14.4. The first-order valence-corrected chi connectivity index (χ1v) is 8.82. The van der Waals surface area contributed by atoms with Crippen LogP contribution < -0.4 is 10.6 Å². The third-order valence-electron chi connectivity index (χ3n) is 4.66. The molecule has 3 aromatic rings. The van der Waals surface area contributed by atoms with Crippen molar-refractivity contribution in [2.75, 3.05) is 0 Å². The fourth-order valence-electron chi connectivity index (χ4n) is 3.32. The molecule has 0 aromatic heterocycles. The van der Waals surface area contributed by atoms with Crippen molar-refractivity contribution in [2.24, 2.45) is 4.99 Å². The molecule has 1 aliphatic heterocycles. The molecule has 2 N–H and O–H groups in total. The van der Waals surface area contributed by atoms with Crippen LogP contribution in [0.5, 0.6) is 0 Å². The SMILES string of the molecule is Cl.Fc1ccccc1[C@H]1NC(=NCc2ccccc2)N[C@H]1c1ccccc1F. The van der Waals surface area contributed by atoms with Crippen molar-refractivity contribution < 1.29 is 8.78 Å². The zero-order valence-electron chi connectivity index (χ0n) is 15.0. The average Bonchev–Trinajstić information content (AvgIpc) is 3.12. The molecule has 28 heavy (non-hydrogen) atoms. The van der Waals surface area contributed by atoms with Gasteiger partial charge in [0.25, 0.3) is 0 Å². The standard InChI is InChI=1S/C22H19F2N3.ClH/c23-18-12-6-4-10-16(18)20-21(17-11-5-7-13-19(17)24)27-22(26-20)25-14-15-8-2-1-3-9-15;/h1-13,20-21H,14H2,(H2,25,26,27);1H/t20-,21+;. The number of hydrogen-bond acceptors (Lipinski definition) is 1. The molecule has 6 heteroatoms. The van der Waals surface area contributed by atoms with Gasteiger partial charge in [-0.15, -0.1) is 12.4 Å². The van der Waals surface area contributed by atoms with Crippen LogP contribution in [0.3, 0.4) is 0 Å². The maximum Gasteiger partial charge on any atom is 0.192 e. The molecule has 0 amide bonds. The van der Waals surface area contributed by atoms with E-state index in [2.05, 4.69) is 15.6 Å². The van der Waals surface area contributed by atoms with Crippen LogP contribution in [0.1, 0.15) is 28.8 Å². The molecule has 2 atom stereocenters. The van der Waals surface area contributed by atoms with Gasteiger partial charge in [0, 0.05) is 11.1 Å². The molecular weight excluding hydrogens is 380 g/mol. The molecule has 1 saturated heterocycles. The second-order valence-corrected chi connectivity index (χ2v) is 6.44. The van der Waals surface area contributed by atoms with Crippen molar-refractivity contribution >= 4 is 18.4 Å². The summed E-state index contributed by atoms with van der Waals surface area (Å²) < 4.78 is 28.8. The molecule has 3 aromatic carbocycles. The minimum atomic E-state index is -0.461. The van der Waals surface area contributed by atoms with E-state index in [0.29, 0.717) is 23.6 Å². The summed E-state index contributed by atoms with van der Waals surface area (Å²) in [5.41, 5.74) is 2.01. The number of halogens is 3. The zero-order valence-corrected chi connectivity index (χ0v) is 15.8. The lowest BCUT2D eigenvalue weighted by molar-refractivity contribution is 0.490. The van der Waals surface area contributed by atoms with E-state index >= 15 is 0 Å². The molecule has 0 bridgehead atoms. The maximum absolute atomic E-state index is 14.4. The molecule has 0 aliphatic carbocycles. The summed E-state index contributed by atoms with van der Waals surface area (Å²) in [7, 11) is 0. The Morgan fingerprint density at radius 3 is 1.64 bits per heavy atom. The summed E-state index contributed by atoms with van der Waals surface area (Å²) in [6.45, 7) is 0.476. The monoisotopic (exact) mass is 399 g/mol. The van der Waals surface area contributed by atoms with Gasteiger partial charge in [0.05, 0.1) is 18.6 Å². The fraction of sp³-hybridized carbons (Fsp3) is 0.136. The van der Waals surface area contributed by atoms with Crippen LogP contribution in [0.15, 0.2) is 83.9 Å². The molecule has 1 fully saturated rings. The molecule has 144 valence electrons. The normalized spacial score (nSPS) is 19.6. The number of nitrogens with zero attached hydrogens (tertiary/aromatic N) is 1. The highest BCUT2D eigenvalue weighted by atomic mass is 35.5. The number of hydrogen-bond donors (Lipinski definition) is 2. The Morgan fingerprint density at radius 2 is 1.14 bits per heavy atom. The van der Waals surface area contributed by atoms with E-state index in [4.69, 9.17) is 0 Å². The quantitative estimate of drug-likeness (QED) is 0.653. The van der Waals surface area contributed by atoms with Crippen molar-refractivity contribution in [3.8, 4) is 0 Å². The third-order valence-corrected chi connectivity index (χ3v) is 4.66. The molecule has 0 saturated carbocycles. The van der Waals surface area contributed by atoms with Crippen molar-refractivity contribution in [1.82, 2.24) is 10.6 Å². The molecule has 0 unspecified atom stereocenters. The van der Waals surface area contributed by atoms with Crippen molar-refractivity contribution in [1.29, 1.82) is 0 Å². The van der Waals surface area contributed by atoms with Crippen molar-refractivity contribution in [3.63, 3.8) is 0 Å². The van der Waals surface area contributed by atoms with E-state index in [9.17, 15) is 8.78 Å². The smallest absolute Gasteiger partial charge is 0.192 e. The van der Waals surface area contributed by atoms with E-state index in [1.807, 2.05) is 30.3 Å². The Hall–Kier alpha value is -2.92. The summed E-state index contributed by atoms with van der Waals surface area (Å²) in [6.07, 6.45) is 0. The Kier molecular flexibility index (Phi) is 6.26. The minimum absolute atomic E-state index is 0. The number of benzene rings is 3. The van der Waals surface area contributed by atoms with E-state index in [0.717, 1.165) is 5.56 Å². The lowest BCUT2D eigenvalue weighted by Crippen LogP contribution is -2.25. The second-order valence-electron chi connectivity index (χ2n) is 6.44. The number of nitrogens with one attached hydrogen (secondary N) is 2. The first-order valence-electron chi connectivity index (χ1n) is 8.82. The topological polar surface area (TPSA) is 36.4 Å². The Balaban J connectivity index is 0.00000225. The van der Waals surface area contributed by atoms with Crippen molar-refractivity contribution in [2.45, 2.75) is 18.6 Å². The minimum Gasteiger partial charge on any atom is -0.347 e. The molecular formula is C22H20ClF2N3. The molecule has 1 heterocycles. The van der Waals surface area contributed by atoms with Gasteiger partial charge in [0.15, 0.2) is 5.96 Å². The van der Waals surface area contributed by atoms with Gasteiger partial charge < -0.3 is 10.6 Å². The fourth-order valence-corrected chi connectivity index (χ4v) is 3.32. The van der Waals surface area contributed by atoms with E-state index < -0.39 is 12.1 Å². The lowest BCUT2D eigenvalue weighted by Gasteiger charge is -2.20. The van der Waals surface area contributed by atoms with Crippen LogP contribution in [0.25, 0.3) is 0 Å². The molecule has 1 aliphatic rings. The highest BCUT2D eigenvalue weighted by Gasteiger charge is 2.35. The molecule has 3 nitrogen and oxygen atoms in total. The van der Waals surface area contributed by atoms with Gasteiger partial charge in [0.2, 0.25) is 0 Å². The lowest BCUT2D eigenvalue weighted by atomic mass is 9.94. The molecule has 4 rings (SSSR count). The number of guanidine groups is 1. The number of rotatable bonds is 4. The Labute approximate surface area is 168 Å². The van der Waals surface area contributed by atoms with Crippen LogP contribution in [-0.2, 0) is 6.54 Å². The van der Waals surface area contributed by atoms with Crippen LogP contribution in [0.4, 0.5) is 8.78 Å². The summed E-state index contributed by atoms with van der Waals surface area (Å²) in [6, 6.07) is 22.0. The summed E-state index contributed by atoms with van der Waals surface area (Å²) >= 11 is 0. The molecule has 0 spiro atoms. The number of aliphatic imine (C=N–C) groups is 1. The van der Waals surface area contributed by atoms with E-state index in [1.54, 1.807) is 36.4 Å². The van der Waals surface area contributed by atoms with Crippen LogP contribution in [0, 0.1) is 11.6 Å². The van der Waals surface area contributed by atoms with E-state index in [1.165, 1.54) is 12.1 Å². The Bertz CT molecular complexity index is 907. The first-order chi connectivity index (χ1) is 13.2. The van der Waals surface area contributed by atoms with Crippen LogP contribution >= 0.6 is 12.4 Å². The highest BCUT2D eigenvalue weighted by Crippen LogP contribution is 2.34. The van der Waals surface area contributed by atoms with Crippen LogP contribution in [0.2, 0.25) is 0 Å². The van der Waals surface area contributed by atoms with Gasteiger partial charge in [-0.05, 0) is 17.7 Å². The third kappa shape index (κ3) is 4.15. The second kappa shape index (κ2) is 8.85. The predicted molar refractivity (Wildman–Crippen MR) is 109 cm³/mol. The summed E-state index contributed by atoms with van der Waals surface area (Å²) in [4.78, 5) is 4.55. The predicted octanol–water partition coefficient (Wildman–Crippen LogP) is 4.92. The largest absolute Gasteiger partial charge is 0.347 e. The summed E-state index contributed by atoms with van der Waals surface area (Å²) in [5.74, 6) is -0.134. The van der Waals surface area contributed by atoms with Crippen molar-refractivity contribution in [3.05, 3.63) is 107 Å². The van der Waals surface area contributed by atoms with Gasteiger partial charge in [-0.25, -0.2) is 13.8 Å². The van der Waals surface area contributed by atoms with Gasteiger partial charge in [-0.3, -0.25) is 0 Å². The zero-order chi connectivity index (χ0) is 18.6. The van der Waals surface area contributed by atoms with E-state index in [-0.39, 0.29) is 24.0 Å².